The highest BCUT2D eigenvalue weighted by molar-refractivity contribution is 5.96. The summed E-state index contributed by atoms with van der Waals surface area (Å²) in [5.74, 6) is -1.04. The van der Waals surface area contributed by atoms with Gasteiger partial charge in [0.15, 0.2) is 5.78 Å². The Bertz CT molecular complexity index is 977. The van der Waals surface area contributed by atoms with Gasteiger partial charge in [0, 0.05) is 34.7 Å². The Balaban J connectivity index is 1.60. The second-order valence-corrected chi connectivity index (χ2v) is 12.1. The molecule has 0 aromatic rings. The molecule has 32 heavy (non-hydrogen) atoms. The van der Waals surface area contributed by atoms with Crippen LogP contribution in [0.15, 0.2) is 23.8 Å². The van der Waals surface area contributed by atoms with Crippen molar-refractivity contribution in [1.29, 1.82) is 0 Å². The van der Waals surface area contributed by atoms with Crippen LogP contribution in [0.4, 0.5) is 0 Å². The van der Waals surface area contributed by atoms with Crippen molar-refractivity contribution < 1.29 is 29.3 Å². The number of cyclic esters (lactones) is 1. The van der Waals surface area contributed by atoms with Gasteiger partial charge in [-0.3, -0.25) is 9.59 Å². The van der Waals surface area contributed by atoms with Gasteiger partial charge in [0.2, 0.25) is 6.29 Å². The Hall–Kier alpha value is -1.79. The van der Waals surface area contributed by atoms with Crippen LogP contribution >= 0.6 is 0 Å². The highest BCUT2D eigenvalue weighted by Gasteiger charge is 2.72. The summed E-state index contributed by atoms with van der Waals surface area (Å²) in [5, 5.41) is 21.4. The average molecular weight is 443 g/mol. The molecule has 5 aliphatic rings. The molecule has 3 fully saturated rings. The summed E-state index contributed by atoms with van der Waals surface area (Å²) >= 11 is 0. The lowest BCUT2D eigenvalue weighted by Crippen LogP contribution is -2.66. The van der Waals surface area contributed by atoms with Crippen molar-refractivity contribution in [2.24, 2.45) is 45.3 Å². The van der Waals surface area contributed by atoms with E-state index in [0.29, 0.717) is 12.0 Å². The van der Waals surface area contributed by atoms with E-state index in [1.807, 2.05) is 19.9 Å². The van der Waals surface area contributed by atoms with Crippen LogP contribution in [0.1, 0.15) is 60.3 Å². The number of ether oxygens (including phenoxy) is 1. The second-order valence-electron chi connectivity index (χ2n) is 12.1. The fourth-order valence-electron chi connectivity index (χ4n) is 8.95. The van der Waals surface area contributed by atoms with E-state index >= 15 is 0 Å². The molecular formula is C26H34O6. The number of carbonyl (C=O) groups excluding carboxylic acids is 3. The number of ketones is 2. The summed E-state index contributed by atoms with van der Waals surface area (Å²) in [5.41, 5.74) is -1.62. The molecule has 0 bridgehead atoms. The van der Waals surface area contributed by atoms with Crippen LogP contribution in [0.25, 0.3) is 0 Å². The molecule has 3 saturated carbocycles. The van der Waals surface area contributed by atoms with Crippen LogP contribution in [0.3, 0.4) is 0 Å². The topological polar surface area (TPSA) is 101 Å². The van der Waals surface area contributed by atoms with Crippen LogP contribution in [0, 0.1) is 45.3 Å². The zero-order chi connectivity index (χ0) is 23.4. The zero-order valence-corrected chi connectivity index (χ0v) is 19.6. The van der Waals surface area contributed by atoms with Gasteiger partial charge in [-0.15, -0.1) is 0 Å². The molecule has 0 unspecified atom stereocenters. The number of hydrogen-bond acceptors (Lipinski definition) is 6. The molecule has 4 aliphatic carbocycles. The highest BCUT2D eigenvalue weighted by Crippen LogP contribution is 2.72. The molecule has 9 atom stereocenters. The van der Waals surface area contributed by atoms with Gasteiger partial charge in [-0.1, -0.05) is 40.7 Å². The average Bonchev–Trinajstić information content (AvgIpc) is 3.16. The Kier molecular flexibility index (Phi) is 4.41. The lowest BCUT2D eigenvalue weighted by molar-refractivity contribution is -0.210. The fourth-order valence-corrected chi connectivity index (χ4v) is 8.95. The molecule has 0 aromatic carbocycles. The van der Waals surface area contributed by atoms with Crippen molar-refractivity contribution in [2.75, 3.05) is 0 Å². The number of aliphatic hydroxyl groups is 2. The Morgan fingerprint density at radius 1 is 1.03 bits per heavy atom. The molecule has 1 heterocycles. The SMILES string of the molecule is CC1(C)C(=O)C=C[C@]2(C)[C@H]3CC[C@@]4(C)[C@H](C5=C[C@H](O)OC5=O)CC(=O)[C@@H]4[C@]3(C)[C@H](O)C[C@@H]12. The molecule has 0 spiro atoms. The van der Waals surface area contributed by atoms with Crippen molar-refractivity contribution in [3.63, 3.8) is 0 Å². The normalized spacial score (nSPS) is 51.6. The number of fused-ring (bicyclic) bond motifs is 5. The standard InChI is InChI=1S/C26H34O6/c1-23(2)17-12-19(29)26(5)16(25(17,4)9-7-18(23)28)6-8-24(3)14(11-15(27)21(24)26)13-10-20(30)32-22(13)31/h7,9-10,14,16-17,19-21,29-30H,6,8,11-12H2,1-5H3/t14-,16+,17-,19+,20+,21-,24-,25+,26-/m0/s1. The summed E-state index contributed by atoms with van der Waals surface area (Å²) < 4.78 is 4.94. The maximum atomic E-state index is 13.6. The quantitative estimate of drug-likeness (QED) is 0.606. The van der Waals surface area contributed by atoms with E-state index in [1.54, 1.807) is 6.08 Å². The number of Topliss-reactive ketones (excluding diaryl/α,β-unsaturated/α-hetero) is 1. The molecule has 0 saturated heterocycles. The molecule has 0 amide bonds. The molecule has 0 radical (unpaired) electrons. The molecule has 6 nitrogen and oxygen atoms in total. The number of allylic oxidation sites excluding steroid dienone is 2. The number of rotatable bonds is 1. The van der Waals surface area contributed by atoms with Gasteiger partial charge in [-0.2, -0.15) is 0 Å². The lowest BCUT2D eigenvalue weighted by Gasteiger charge is -2.67. The van der Waals surface area contributed by atoms with Crippen molar-refractivity contribution >= 4 is 17.5 Å². The van der Waals surface area contributed by atoms with E-state index in [2.05, 4.69) is 20.8 Å². The van der Waals surface area contributed by atoms with E-state index in [9.17, 15) is 24.6 Å². The van der Waals surface area contributed by atoms with E-state index in [-0.39, 0.29) is 41.2 Å². The van der Waals surface area contributed by atoms with Crippen LogP contribution in [0.2, 0.25) is 0 Å². The third-order valence-electron chi connectivity index (χ3n) is 10.5. The van der Waals surface area contributed by atoms with E-state index in [0.717, 1.165) is 12.8 Å². The number of aliphatic hydroxyl groups excluding tert-OH is 2. The molecule has 174 valence electrons. The van der Waals surface area contributed by atoms with Gasteiger partial charge in [0.05, 0.1) is 6.10 Å². The third kappa shape index (κ3) is 2.46. The molecular weight excluding hydrogens is 408 g/mol. The Labute approximate surface area is 189 Å². The van der Waals surface area contributed by atoms with Crippen molar-refractivity contribution in [1.82, 2.24) is 0 Å². The maximum Gasteiger partial charge on any atom is 0.336 e. The summed E-state index contributed by atoms with van der Waals surface area (Å²) in [6.45, 7) is 10.3. The summed E-state index contributed by atoms with van der Waals surface area (Å²) in [6.07, 6.45) is 5.47. The van der Waals surface area contributed by atoms with Crippen LogP contribution in [0.5, 0.6) is 0 Å². The number of carbonyl (C=O) groups is 3. The van der Waals surface area contributed by atoms with Gasteiger partial charge in [-0.25, -0.2) is 4.79 Å². The zero-order valence-electron chi connectivity index (χ0n) is 19.6. The summed E-state index contributed by atoms with van der Waals surface area (Å²) in [6, 6.07) is 0. The Morgan fingerprint density at radius 3 is 2.34 bits per heavy atom. The minimum absolute atomic E-state index is 0.0000940. The van der Waals surface area contributed by atoms with Crippen LogP contribution in [-0.4, -0.2) is 40.1 Å². The fraction of sp³-hybridized carbons (Fsp3) is 0.731. The molecule has 1 aliphatic heterocycles. The first-order valence-corrected chi connectivity index (χ1v) is 11.8. The smallest absolute Gasteiger partial charge is 0.336 e. The predicted molar refractivity (Wildman–Crippen MR) is 116 cm³/mol. The lowest BCUT2D eigenvalue weighted by atomic mass is 9.37. The highest BCUT2D eigenvalue weighted by atomic mass is 16.6. The second kappa shape index (κ2) is 6.41. The third-order valence-corrected chi connectivity index (χ3v) is 10.5. The van der Waals surface area contributed by atoms with Gasteiger partial charge in [-0.05, 0) is 54.1 Å². The van der Waals surface area contributed by atoms with Gasteiger partial charge in [0.25, 0.3) is 0 Å². The van der Waals surface area contributed by atoms with Crippen molar-refractivity contribution in [2.45, 2.75) is 72.7 Å². The summed E-state index contributed by atoms with van der Waals surface area (Å²) in [7, 11) is 0. The first-order chi connectivity index (χ1) is 14.8. The van der Waals surface area contributed by atoms with E-state index < -0.39 is 40.5 Å². The predicted octanol–water partition coefficient (Wildman–Crippen LogP) is 2.97. The number of esters is 1. The van der Waals surface area contributed by atoms with Crippen LogP contribution < -0.4 is 0 Å². The monoisotopic (exact) mass is 442 g/mol. The largest absolute Gasteiger partial charge is 0.429 e. The van der Waals surface area contributed by atoms with Gasteiger partial charge >= 0.3 is 5.97 Å². The minimum Gasteiger partial charge on any atom is -0.429 e. The number of hydrogen-bond donors (Lipinski definition) is 2. The van der Waals surface area contributed by atoms with Crippen LogP contribution in [-0.2, 0) is 19.1 Å². The molecule has 0 aromatic heterocycles. The van der Waals surface area contributed by atoms with Crippen molar-refractivity contribution in [3.05, 3.63) is 23.8 Å². The maximum absolute atomic E-state index is 13.6. The first kappa shape index (κ1) is 22.0. The molecule has 5 rings (SSSR count). The van der Waals surface area contributed by atoms with Gasteiger partial charge in [0.1, 0.15) is 5.78 Å². The minimum atomic E-state index is -1.26. The van der Waals surface area contributed by atoms with Gasteiger partial charge < -0.3 is 14.9 Å². The molecule has 6 heteroatoms. The molecule has 2 N–H and O–H groups in total. The van der Waals surface area contributed by atoms with E-state index in [1.165, 1.54) is 6.08 Å². The summed E-state index contributed by atoms with van der Waals surface area (Å²) in [4.78, 5) is 38.7. The van der Waals surface area contributed by atoms with Crippen molar-refractivity contribution in [3.8, 4) is 0 Å². The Morgan fingerprint density at radius 2 is 1.72 bits per heavy atom. The first-order valence-electron chi connectivity index (χ1n) is 11.8. The van der Waals surface area contributed by atoms with E-state index in [4.69, 9.17) is 4.74 Å².